The Morgan fingerprint density at radius 3 is 2.90 bits per heavy atom. The van der Waals surface area contributed by atoms with E-state index in [-0.39, 0.29) is 11.9 Å². The van der Waals surface area contributed by atoms with Gasteiger partial charge in [-0.15, -0.1) is 0 Å². The zero-order chi connectivity index (χ0) is 14.7. The van der Waals surface area contributed by atoms with Crippen molar-refractivity contribution in [3.8, 4) is 0 Å². The maximum Gasteiger partial charge on any atom is 0.140 e. The van der Waals surface area contributed by atoms with Gasteiger partial charge in [-0.2, -0.15) is 0 Å². The van der Waals surface area contributed by atoms with Crippen LogP contribution in [0.15, 0.2) is 49.1 Å². The Balaban J connectivity index is 1.85. The first-order chi connectivity index (χ1) is 10.2. The van der Waals surface area contributed by atoms with Gasteiger partial charge in [0.15, 0.2) is 0 Å². The highest BCUT2D eigenvalue weighted by Gasteiger charge is 2.11. The van der Waals surface area contributed by atoms with Crippen molar-refractivity contribution >= 4 is 16.7 Å². The molecule has 2 aromatic heterocycles. The van der Waals surface area contributed by atoms with E-state index >= 15 is 0 Å². The quantitative estimate of drug-likeness (QED) is 0.798. The van der Waals surface area contributed by atoms with Gasteiger partial charge in [0, 0.05) is 18.4 Å². The number of benzene rings is 1. The third kappa shape index (κ3) is 2.97. The van der Waals surface area contributed by atoms with Gasteiger partial charge in [0.25, 0.3) is 0 Å². The van der Waals surface area contributed by atoms with E-state index in [1.807, 2.05) is 25.3 Å². The third-order valence-electron chi connectivity index (χ3n) is 3.26. The first-order valence-corrected chi connectivity index (χ1v) is 6.78. The van der Waals surface area contributed by atoms with E-state index in [0.29, 0.717) is 16.7 Å². The van der Waals surface area contributed by atoms with Crippen molar-refractivity contribution in [3.63, 3.8) is 0 Å². The van der Waals surface area contributed by atoms with Crippen molar-refractivity contribution in [2.24, 2.45) is 0 Å². The van der Waals surface area contributed by atoms with Crippen molar-refractivity contribution in [2.45, 2.75) is 19.4 Å². The van der Waals surface area contributed by atoms with Gasteiger partial charge < -0.3 is 5.32 Å². The fourth-order valence-corrected chi connectivity index (χ4v) is 2.33. The zero-order valence-corrected chi connectivity index (χ0v) is 11.6. The largest absolute Gasteiger partial charge is 0.367 e. The standard InChI is InChI=1S/C16H15FN4/c1-11(8-12-4-3-7-18-9-12)21-16-15-13(17)5-2-6-14(15)19-10-20-16/h2-7,9-11H,8H2,1H3,(H,19,20,21)/t11-/m0/s1. The summed E-state index contributed by atoms with van der Waals surface area (Å²) < 4.78 is 14.0. The molecule has 0 aliphatic rings. The predicted molar refractivity (Wildman–Crippen MR) is 80.5 cm³/mol. The van der Waals surface area contributed by atoms with E-state index in [2.05, 4.69) is 20.3 Å². The van der Waals surface area contributed by atoms with Crippen LogP contribution in [0.25, 0.3) is 10.9 Å². The molecule has 3 rings (SSSR count). The van der Waals surface area contributed by atoms with Crippen LogP contribution in [0.1, 0.15) is 12.5 Å². The normalized spacial score (nSPS) is 12.3. The number of hydrogen-bond acceptors (Lipinski definition) is 4. The molecule has 1 N–H and O–H groups in total. The molecule has 2 heterocycles. The molecule has 0 saturated heterocycles. The average molecular weight is 282 g/mol. The molecule has 0 fully saturated rings. The molecule has 4 nitrogen and oxygen atoms in total. The molecule has 1 atom stereocenters. The fraction of sp³-hybridized carbons (Fsp3) is 0.188. The summed E-state index contributed by atoms with van der Waals surface area (Å²) in [5.41, 5.74) is 1.72. The van der Waals surface area contributed by atoms with Gasteiger partial charge >= 0.3 is 0 Å². The van der Waals surface area contributed by atoms with E-state index in [4.69, 9.17) is 0 Å². The number of rotatable bonds is 4. The highest BCUT2D eigenvalue weighted by Crippen LogP contribution is 2.23. The van der Waals surface area contributed by atoms with E-state index in [0.717, 1.165) is 12.0 Å². The molecule has 0 unspecified atom stereocenters. The summed E-state index contributed by atoms with van der Waals surface area (Å²) in [7, 11) is 0. The summed E-state index contributed by atoms with van der Waals surface area (Å²) in [5, 5.41) is 3.68. The van der Waals surface area contributed by atoms with Crippen molar-refractivity contribution in [2.75, 3.05) is 5.32 Å². The maximum absolute atomic E-state index is 14.0. The van der Waals surface area contributed by atoms with Gasteiger partial charge in [-0.25, -0.2) is 14.4 Å². The zero-order valence-electron chi connectivity index (χ0n) is 11.6. The number of anilines is 1. The molecular formula is C16H15FN4. The van der Waals surface area contributed by atoms with Crippen LogP contribution < -0.4 is 5.32 Å². The summed E-state index contributed by atoms with van der Waals surface area (Å²) in [6, 6.07) is 8.87. The van der Waals surface area contributed by atoms with Crippen molar-refractivity contribution < 1.29 is 4.39 Å². The monoisotopic (exact) mass is 282 g/mol. The van der Waals surface area contributed by atoms with Crippen LogP contribution in [0.4, 0.5) is 10.2 Å². The number of fused-ring (bicyclic) bond motifs is 1. The van der Waals surface area contributed by atoms with Crippen molar-refractivity contribution in [1.29, 1.82) is 0 Å². The summed E-state index contributed by atoms with van der Waals surface area (Å²) in [6.45, 7) is 2.03. The Hall–Kier alpha value is -2.56. The molecule has 0 bridgehead atoms. The number of aromatic nitrogens is 3. The van der Waals surface area contributed by atoms with Crippen molar-refractivity contribution in [3.05, 3.63) is 60.4 Å². The lowest BCUT2D eigenvalue weighted by molar-refractivity contribution is 0.639. The molecule has 0 radical (unpaired) electrons. The summed E-state index contributed by atoms with van der Waals surface area (Å²) in [5.74, 6) is 0.207. The van der Waals surface area contributed by atoms with Crippen LogP contribution >= 0.6 is 0 Å². The molecule has 0 aliphatic carbocycles. The summed E-state index contributed by atoms with van der Waals surface area (Å²) in [4.78, 5) is 12.4. The Morgan fingerprint density at radius 2 is 2.10 bits per heavy atom. The Kier molecular flexibility index (Phi) is 3.73. The first-order valence-electron chi connectivity index (χ1n) is 6.78. The highest BCUT2D eigenvalue weighted by atomic mass is 19.1. The SMILES string of the molecule is C[C@@H](Cc1cccnc1)Nc1ncnc2cccc(F)c12. The maximum atomic E-state index is 14.0. The van der Waals surface area contributed by atoms with Gasteiger partial charge in [0.05, 0.1) is 10.9 Å². The summed E-state index contributed by atoms with van der Waals surface area (Å²) >= 11 is 0. The third-order valence-corrected chi connectivity index (χ3v) is 3.26. The van der Waals surface area contributed by atoms with Gasteiger partial charge in [0.1, 0.15) is 18.0 Å². The lowest BCUT2D eigenvalue weighted by atomic mass is 10.1. The molecule has 21 heavy (non-hydrogen) atoms. The van der Waals surface area contributed by atoms with Crippen molar-refractivity contribution in [1.82, 2.24) is 15.0 Å². The van der Waals surface area contributed by atoms with Crippen LogP contribution in [-0.4, -0.2) is 21.0 Å². The Morgan fingerprint density at radius 1 is 1.19 bits per heavy atom. The number of nitrogens with one attached hydrogen (secondary N) is 1. The molecule has 5 heteroatoms. The van der Waals surface area contributed by atoms with Gasteiger partial charge in [-0.3, -0.25) is 4.98 Å². The number of halogens is 1. The minimum Gasteiger partial charge on any atom is -0.367 e. The molecule has 1 aromatic carbocycles. The molecule has 0 saturated carbocycles. The number of pyridine rings is 1. The molecule has 0 spiro atoms. The molecular weight excluding hydrogens is 267 g/mol. The van der Waals surface area contributed by atoms with Crippen LogP contribution in [0.2, 0.25) is 0 Å². The Labute approximate surface area is 122 Å². The molecule has 106 valence electrons. The second kappa shape index (κ2) is 5.83. The van der Waals surface area contributed by atoms with E-state index in [9.17, 15) is 4.39 Å². The minimum absolute atomic E-state index is 0.104. The second-order valence-electron chi connectivity index (χ2n) is 4.97. The molecule has 3 aromatic rings. The van der Waals surface area contributed by atoms with Gasteiger partial charge in [0.2, 0.25) is 0 Å². The van der Waals surface area contributed by atoms with Crippen LogP contribution in [0, 0.1) is 5.82 Å². The topological polar surface area (TPSA) is 50.7 Å². The van der Waals surface area contributed by atoms with Gasteiger partial charge in [-0.1, -0.05) is 12.1 Å². The Bertz CT molecular complexity index is 740. The smallest absolute Gasteiger partial charge is 0.140 e. The molecule has 0 aliphatic heterocycles. The number of nitrogens with zero attached hydrogens (tertiary/aromatic N) is 3. The van der Waals surface area contributed by atoms with Gasteiger partial charge in [-0.05, 0) is 37.1 Å². The minimum atomic E-state index is -0.316. The van der Waals surface area contributed by atoms with E-state index in [1.54, 1.807) is 18.3 Å². The average Bonchev–Trinajstić information content (AvgIpc) is 2.48. The predicted octanol–water partition coefficient (Wildman–Crippen LogP) is 3.21. The first kappa shape index (κ1) is 13.4. The number of hydrogen-bond donors (Lipinski definition) is 1. The van der Waals surface area contributed by atoms with E-state index in [1.165, 1.54) is 12.4 Å². The van der Waals surface area contributed by atoms with E-state index < -0.39 is 0 Å². The van der Waals surface area contributed by atoms with Crippen LogP contribution in [0.3, 0.4) is 0 Å². The molecule has 0 amide bonds. The lowest BCUT2D eigenvalue weighted by Crippen LogP contribution is -2.19. The summed E-state index contributed by atoms with van der Waals surface area (Å²) in [6.07, 6.45) is 5.81. The second-order valence-corrected chi connectivity index (χ2v) is 4.97. The van der Waals surface area contributed by atoms with Crippen LogP contribution in [-0.2, 0) is 6.42 Å². The lowest BCUT2D eigenvalue weighted by Gasteiger charge is -2.15. The fourth-order valence-electron chi connectivity index (χ4n) is 2.33. The highest BCUT2D eigenvalue weighted by molar-refractivity contribution is 5.89. The van der Waals surface area contributed by atoms with Crippen LogP contribution in [0.5, 0.6) is 0 Å².